The lowest BCUT2D eigenvalue weighted by Gasteiger charge is -2.38. The van der Waals surface area contributed by atoms with Gasteiger partial charge in [0.05, 0.1) is 60.5 Å². The van der Waals surface area contributed by atoms with Gasteiger partial charge >= 0.3 is 12.1 Å². The minimum Gasteiger partial charge on any atom is -0.465 e. The smallest absolute Gasteiger partial charge is 0.416 e. The summed E-state index contributed by atoms with van der Waals surface area (Å²) in [6, 6.07) is 9.60. The number of halogens is 3. The number of hydrogen-bond acceptors (Lipinski definition) is 10. The van der Waals surface area contributed by atoms with E-state index in [0.29, 0.717) is 56.2 Å². The summed E-state index contributed by atoms with van der Waals surface area (Å²) >= 11 is 0. The van der Waals surface area contributed by atoms with Gasteiger partial charge in [-0.3, -0.25) is 14.3 Å². The van der Waals surface area contributed by atoms with Crippen LogP contribution in [0.15, 0.2) is 42.5 Å². The van der Waals surface area contributed by atoms with Crippen molar-refractivity contribution in [2.24, 2.45) is 0 Å². The molecule has 1 aliphatic heterocycles. The van der Waals surface area contributed by atoms with Crippen LogP contribution in [0.5, 0.6) is 0 Å². The molecule has 1 unspecified atom stereocenters. The molecule has 1 atom stereocenters. The van der Waals surface area contributed by atoms with E-state index >= 15 is 0 Å². The minimum atomic E-state index is -4.42. The number of methoxy groups -OCH3 is 1. The number of nitrogens with zero attached hydrogens (tertiary/aromatic N) is 4. The number of β-amino-alcohol motifs (C(OH)–C–C–N with tert-alkyl or cyclic N) is 1. The third-order valence-corrected chi connectivity index (χ3v) is 9.08. The zero-order valence-electron chi connectivity index (χ0n) is 28.2. The van der Waals surface area contributed by atoms with Gasteiger partial charge in [-0.15, -0.1) is 0 Å². The maximum Gasteiger partial charge on any atom is 0.416 e. The van der Waals surface area contributed by atoms with Crippen LogP contribution in [0.3, 0.4) is 0 Å². The van der Waals surface area contributed by atoms with Crippen LogP contribution in [0.4, 0.5) is 24.5 Å². The van der Waals surface area contributed by atoms with Crippen molar-refractivity contribution in [3.63, 3.8) is 0 Å². The normalized spacial score (nSPS) is 14.9. The molecule has 3 N–H and O–H groups in total. The number of sulfonamides is 2. The molecule has 1 fully saturated rings. The second-order valence-corrected chi connectivity index (χ2v) is 15.2. The van der Waals surface area contributed by atoms with Crippen LogP contribution < -0.4 is 14.3 Å². The fourth-order valence-electron chi connectivity index (χ4n) is 5.32. The Morgan fingerprint density at radius 3 is 2.08 bits per heavy atom. The number of alkyl halides is 3. The van der Waals surface area contributed by atoms with Crippen molar-refractivity contribution in [1.29, 1.82) is 0 Å². The van der Waals surface area contributed by atoms with Gasteiger partial charge in [-0.05, 0) is 43.7 Å². The molecule has 1 aromatic heterocycles. The number of benzene rings is 2. The molecule has 272 valence electrons. The number of carbonyl (C=O) groups is 1. The van der Waals surface area contributed by atoms with Crippen molar-refractivity contribution in [1.82, 2.24) is 19.4 Å². The Morgan fingerprint density at radius 1 is 0.980 bits per heavy atom. The van der Waals surface area contributed by atoms with Gasteiger partial charge in [0.15, 0.2) is 0 Å². The number of para-hydroxylation sites is 1. The molecule has 0 bridgehead atoms. The summed E-state index contributed by atoms with van der Waals surface area (Å²) in [6.45, 7) is 8.46. The fraction of sp³-hybridized carbons (Fsp3) is 0.484. The first kappa shape index (κ1) is 39.7. The number of carbonyl (C=O) groups excluding carboxylic acids is 1. The molecule has 0 aliphatic carbocycles. The van der Waals surface area contributed by atoms with Crippen molar-refractivity contribution in [2.75, 3.05) is 68.5 Å². The molecule has 49 heavy (non-hydrogen) atoms. The van der Waals surface area contributed by atoms with Gasteiger partial charge in [0.2, 0.25) is 20.0 Å². The van der Waals surface area contributed by atoms with E-state index in [0.717, 1.165) is 35.9 Å². The van der Waals surface area contributed by atoms with Gasteiger partial charge in [-0.1, -0.05) is 25.1 Å². The van der Waals surface area contributed by atoms with Crippen LogP contribution in [-0.4, -0.2) is 108 Å². The van der Waals surface area contributed by atoms with E-state index in [1.165, 1.54) is 19.2 Å². The van der Waals surface area contributed by atoms with Gasteiger partial charge in [-0.2, -0.15) is 18.3 Å². The molecular formula is C31H43F3N6O7S2. The minimum absolute atomic E-state index is 0.196. The molecule has 0 amide bonds. The second kappa shape index (κ2) is 16.3. The third-order valence-electron chi connectivity index (χ3n) is 7.68. The highest BCUT2D eigenvalue weighted by atomic mass is 32.2. The average Bonchev–Trinajstić information content (AvgIpc) is 3.28. The van der Waals surface area contributed by atoms with Crippen molar-refractivity contribution in [3.8, 4) is 11.3 Å². The highest BCUT2D eigenvalue weighted by molar-refractivity contribution is 7.92. The molecule has 1 aliphatic rings. The zero-order chi connectivity index (χ0) is 36.7. The van der Waals surface area contributed by atoms with Crippen LogP contribution >= 0.6 is 0 Å². The average molecular weight is 733 g/mol. The van der Waals surface area contributed by atoms with Crippen molar-refractivity contribution >= 4 is 37.4 Å². The van der Waals surface area contributed by atoms with Crippen LogP contribution in [0.2, 0.25) is 0 Å². The standard InChI is InChI=1S/C28H34F3N5O5S.C3H9NO2S/c1-18-19(2)36(32-25(18)20-8-10-21(11-9-20)28(29,30)31)17-22(37)16-34-12-14-35(15-13-34)26-23(27(38)41-3)6-5-7-24(26)33-42(4,39)40;1-3-4-7(2,5)6/h5-11,22,33,37H,12-17H2,1-4H3;4H,3H2,1-2H3. The molecular weight excluding hydrogens is 690 g/mol. The summed E-state index contributed by atoms with van der Waals surface area (Å²) < 4.78 is 94.3. The predicted molar refractivity (Wildman–Crippen MR) is 182 cm³/mol. The van der Waals surface area contributed by atoms with Crippen molar-refractivity contribution in [2.45, 2.75) is 39.6 Å². The number of aliphatic hydroxyl groups is 1. The fourth-order valence-corrected chi connectivity index (χ4v) is 6.41. The molecule has 0 spiro atoms. The Labute approximate surface area is 285 Å². The summed E-state index contributed by atoms with van der Waals surface area (Å²) in [7, 11) is -5.26. The topological polar surface area (TPSA) is 163 Å². The van der Waals surface area contributed by atoms with E-state index in [1.807, 2.05) is 18.7 Å². The molecule has 2 heterocycles. The molecule has 0 saturated carbocycles. The van der Waals surface area contributed by atoms with Crippen LogP contribution in [0.25, 0.3) is 11.3 Å². The van der Waals surface area contributed by atoms with E-state index in [4.69, 9.17) is 4.74 Å². The maximum atomic E-state index is 13.0. The number of esters is 1. The quantitative estimate of drug-likeness (QED) is 0.250. The highest BCUT2D eigenvalue weighted by Crippen LogP contribution is 2.33. The van der Waals surface area contributed by atoms with E-state index in [9.17, 15) is 39.9 Å². The second-order valence-electron chi connectivity index (χ2n) is 11.6. The lowest BCUT2D eigenvalue weighted by Crippen LogP contribution is -2.49. The summed E-state index contributed by atoms with van der Waals surface area (Å²) in [6.07, 6.45) is -3.02. The lowest BCUT2D eigenvalue weighted by atomic mass is 10.1. The number of ether oxygens (including phenoxy) is 1. The van der Waals surface area contributed by atoms with Gasteiger partial charge in [0.25, 0.3) is 0 Å². The first-order chi connectivity index (χ1) is 22.7. The summed E-state index contributed by atoms with van der Waals surface area (Å²) in [5.74, 6) is -0.583. The summed E-state index contributed by atoms with van der Waals surface area (Å²) in [4.78, 5) is 16.4. The third kappa shape index (κ3) is 11.4. The van der Waals surface area contributed by atoms with E-state index in [1.54, 1.807) is 29.8 Å². The largest absolute Gasteiger partial charge is 0.465 e. The molecule has 4 rings (SSSR count). The summed E-state index contributed by atoms with van der Waals surface area (Å²) in [5.41, 5.74) is 2.98. The number of piperazine rings is 1. The molecule has 18 heteroatoms. The molecule has 13 nitrogen and oxygen atoms in total. The van der Waals surface area contributed by atoms with Crippen LogP contribution in [0, 0.1) is 13.8 Å². The zero-order valence-corrected chi connectivity index (χ0v) is 29.8. The first-order valence-corrected chi connectivity index (χ1v) is 19.0. The van der Waals surface area contributed by atoms with Gasteiger partial charge in [0, 0.05) is 50.5 Å². The predicted octanol–water partition coefficient (Wildman–Crippen LogP) is 3.08. The monoisotopic (exact) mass is 732 g/mol. The summed E-state index contributed by atoms with van der Waals surface area (Å²) in [5, 5.41) is 15.5. The Bertz CT molecular complexity index is 1810. The van der Waals surface area contributed by atoms with E-state index in [-0.39, 0.29) is 17.8 Å². The van der Waals surface area contributed by atoms with Crippen LogP contribution in [-0.2, 0) is 37.5 Å². The Balaban J connectivity index is 0.000000838. The van der Waals surface area contributed by atoms with Gasteiger partial charge in [-0.25, -0.2) is 26.4 Å². The SMILES string of the molecule is CCNS(C)(=O)=O.COC(=O)c1cccc(NS(C)(=O)=O)c1N1CCN(CC(O)Cn2nc(-c3ccc(C(F)(F)F)cc3)c(C)c2C)CC1. The first-order valence-electron chi connectivity index (χ1n) is 15.2. The van der Waals surface area contributed by atoms with Crippen molar-refractivity contribution in [3.05, 3.63) is 64.8 Å². The molecule has 3 aromatic rings. The maximum absolute atomic E-state index is 13.0. The van der Waals surface area contributed by atoms with E-state index in [2.05, 4.69) is 19.4 Å². The number of nitrogens with one attached hydrogen (secondary N) is 2. The van der Waals surface area contributed by atoms with Gasteiger partial charge < -0.3 is 14.7 Å². The number of aromatic nitrogens is 2. The number of hydrogen-bond donors (Lipinski definition) is 3. The Kier molecular flexibility index (Phi) is 13.2. The molecule has 1 saturated heterocycles. The van der Waals surface area contributed by atoms with Gasteiger partial charge in [0.1, 0.15) is 0 Å². The van der Waals surface area contributed by atoms with E-state index < -0.39 is 43.9 Å². The molecule has 0 radical (unpaired) electrons. The number of rotatable bonds is 11. The highest BCUT2D eigenvalue weighted by Gasteiger charge is 2.30. The van der Waals surface area contributed by atoms with Crippen LogP contribution in [0.1, 0.15) is 34.1 Å². The number of anilines is 2. The Morgan fingerprint density at radius 2 is 1.59 bits per heavy atom. The lowest BCUT2D eigenvalue weighted by molar-refractivity contribution is -0.137. The molecule has 2 aromatic carbocycles. The number of aliphatic hydroxyl groups excluding tert-OH is 1. The van der Waals surface area contributed by atoms with Crippen molar-refractivity contribution < 1.29 is 44.6 Å². The Hall–Kier alpha value is -3.71.